The molecule has 0 aliphatic carbocycles. The number of nitrogens with one attached hydrogen (secondary N) is 4. The van der Waals surface area contributed by atoms with E-state index in [0.29, 0.717) is 0 Å². The third-order valence-corrected chi connectivity index (χ3v) is 5.04. The van der Waals surface area contributed by atoms with Gasteiger partial charge in [0.1, 0.15) is 0 Å². The van der Waals surface area contributed by atoms with Crippen molar-refractivity contribution in [2.45, 2.75) is 89.9 Å². The number of rotatable bonds is 19. The predicted molar refractivity (Wildman–Crippen MR) is 118 cm³/mol. The maximum absolute atomic E-state index is 11.9. The third-order valence-electron chi connectivity index (χ3n) is 5.04. The number of guanidine groups is 2. The van der Waals surface area contributed by atoms with E-state index in [4.69, 9.17) is 28.2 Å². The molecule has 0 unspecified atom stereocenters. The van der Waals surface area contributed by atoms with Crippen molar-refractivity contribution in [2.24, 2.45) is 23.3 Å². The monoisotopic (exact) mass is 413 g/mol. The van der Waals surface area contributed by atoms with Crippen molar-refractivity contribution >= 4 is 17.9 Å². The molecule has 0 saturated carbocycles. The van der Waals surface area contributed by atoms with Crippen LogP contribution in [0.15, 0.2) is 0 Å². The van der Waals surface area contributed by atoms with Crippen LogP contribution in [0, 0.1) is 16.7 Å². The van der Waals surface area contributed by atoms with Gasteiger partial charge in [-0.25, -0.2) is 0 Å². The standard InChI is InChI=1S/C20H43N7O2/c21-19(22)26-15-11-7-3-1-5-9-13-17(18(28)29-25)14-10-6-2-4-8-12-16-27-20(23)24/h17H,1-16,25H2,(H4,21,22,26)(H4,23,24,27). The van der Waals surface area contributed by atoms with Crippen LogP contribution >= 0.6 is 0 Å². The first-order valence-corrected chi connectivity index (χ1v) is 11.0. The van der Waals surface area contributed by atoms with Gasteiger partial charge in [-0.15, -0.1) is 0 Å². The van der Waals surface area contributed by atoms with E-state index in [1.54, 1.807) is 0 Å². The van der Waals surface area contributed by atoms with Crippen LogP contribution in [0.25, 0.3) is 0 Å². The Labute approximate surface area is 175 Å². The molecule has 170 valence electrons. The normalized spacial score (nSPS) is 11.6. The average molecular weight is 414 g/mol. The van der Waals surface area contributed by atoms with E-state index in [-0.39, 0.29) is 23.8 Å². The Morgan fingerprint density at radius 2 is 1.03 bits per heavy atom. The fourth-order valence-corrected chi connectivity index (χ4v) is 3.37. The molecule has 0 heterocycles. The largest absolute Gasteiger partial charge is 0.373 e. The first kappa shape index (κ1) is 27.0. The number of hydrogen-bond acceptors (Lipinski definition) is 5. The van der Waals surface area contributed by atoms with Gasteiger partial charge in [0.05, 0.1) is 5.92 Å². The van der Waals surface area contributed by atoms with E-state index in [0.717, 1.165) is 103 Å². The van der Waals surface area contributed by atoms with Gasteiger partial charge in [0.2, 0.25) is 0 Å². The zero-order chi connectivity index (χ0) is 21.7. The van der Waals surface area contributed by atoms with Crippen LogP contribution in [0.4, 0.5) is 0 Å². The Balaban J connectivity index is 3.66. The molecule has 0 atom stereocenters. The van der Waals surface area contributed by atoms with Crippen molar-refractivity contribution < 1.29 is 9.63 Å². The van der Waals surface area contributed by atoms with Gasteiger partial charge in [-0.3, -0.25) is 15.6 Å². The highest BCUT2D eigenvalue weighted by Crippen LogP contribution is 2.20. The highest BCUT2D eigenvalue weighted by atomic mass is 16.7. The van der Waals surface area contributed by atoms with Gasteiger partial charge < -0.3 is 26.9 Å². The summed E-state index contributed by atoms with van der Waals surface area (Å²) in [6.07, 6.45) is 14.9. The lowest BCUT2D eigenvalue weighted by Gasteiger charge is -2.14. The highest BCUT2D eigenvalue weighted by Gasteiger charge is 2.18. The van der Waals surface area contributed by atoms with Crippen molar-refractivity contribution in [3.63, 3.8) is 0 Å². The van der Waals surface area contributed by atoms with Gasteiger partial charge in [0, 0.05) is 13.1 Å². The molecule has 0 aliphatic rings. The van der Waals surface area contributed by atoms with Crippen molar-refractivity contribution in [1.82, 2.24) is 10.6 Å². The molecular formula is C20H43N7O2. The van der Waals surface area contributed by atoms with Crippen molar-refractivity contribution in [3.05, 3.63) is 0 Å². The van der Waals surface area contributed by atoms with Crippen molar-refractivity contribution in [2.75, 3.05) is 13.1 Å². The van der Waals surface area contributed by atoms with Gasteiger partial charge in [-0.1, -0.05) is 64.2 Å². The second-order valence-electron chi connectivity index (χ2n) is 7.63. The highest BCUT2D eigenvalue weighted by molar-refractivity contribution is 5.74. The zero-order valence-corrected chi connectivity index (χ0v) is 17.9. The number of carbonyl (C=O) groups excluding carboxylic acids is 1. The third kappa shape index (κ3) is 19.1. The van der Waals surface area contributed by atoms with E-state index in [1.807, 2.05) is 0 Å². The van der Waals surface area contributed by atoms with Gasteiger partial charge in [-0.05, 0) is 25.7 Å². The fourth-order valence-electron chi connectivity index (χ4n) is 3.37. The van der Waals surface area contributed by atoms with E-state index < -0.39 is 0 Å². The van der Waals surface area contributed by atoms with Crippen LogP contribution in [-0.4, -0.2) is 31.0 Å². The molecule has 9 nitrogen and oxygen atoms in total. The summed E-state index contributed by atoms with van der Waals surface area (Å²) in [7, 11) is 0. The molecule has 0 spiro atoms. The van der Waals surface area contributed by atoms with E-state index in [1.165, 1.54) is 0 Å². The SMILES string of the molecule is N=C(N)NCCCCCCCCC(CCCCCCCCNC(=N)N)C(=O)ON. The van der Waals surface area contributed by atoms with Crippen molar-refractivity contribution in [1.29, 1.82) is 10.8 Å². The lowest BCUT2D eigenvalue weighted by molar-refractivity contribution is -0.149. The second-order valence-corrected chi connectivity index (χ2v) is 7.63. The summed E-state index contributed by atoms with van der Waals surface area (Å²) >= 11 is 0. The Hall–Kier alpha value is -2.03. The summed E-state index contributed by atoms with van der Waals surface area (Å²) < 4.78 is 0. The summed E-state index contributed by atoms with van der Waals surface area (Å²) in [4.78, 5) is 16.4. The van der Waals surface area contributed by atoms with Gasteiger partial charge in [-0.2, -0.15) is 5.90 Å². The Morgan fingerprint density at radius 1 is 0.690 bits per heavy atom. The number of hydrogen-bond donors (Lipinski definition) is 7. The molecule has 0 aromatic carbocycles. The molecule has 10 N–H and O–H groups in total. The second kappa shape index (κ2) is 19.3. The molecule has 0 fully saturated rings. The van der Waals surface area contributed by atoms with E-state index >= 15 is 0 Å². The minimum absolute atomic E-state index is 0.0322. The Kier molecular flexibility index (Phi) is 17.9. The molecule has 0 saturated heterocycles. The average Bonchev–Trinajstić information content (AvgIpc) is 2.68. The van der Waals surface area contributed by atoms with E-state index in [9.17, 15) is 4.79 Å². The maximum Gasteiger partial charge on any atom is 0.327 e. The van der Waals surface area contributed by atoms with Crippen molar-refractivity contribution in [3.8, 4) is 0 Å². The minimum Gasteiger partial charge on any atom is -0.373 e. The first-order chi connectivity index (χ1) is 14.0. The smallest absolute Gasteiger partial charge is 0.327 e. The number of nitrogens with two attached hydrogens (primary N) is 3. The maximum atomic E-state index is 11.9. The van der Waals surface area contributed by atoms with E-state index in [2.05, 4.69) is 15.5 Å². The molecule has 0 aromatic rings. The summed E-state index contributed by atoms with van der Waals surface area (Å²) in [6.45, 7) is 1.52. The molecule has 0 rings (SSSR count). The Bertz CT molecular complexity index is 415. The lowest BCUT2D eigenvalue weighted by atomic mass is 9.94. The molecule has 29 heavy (non-hydrogen) atoms. The molecule has 0 aromatic heterocycles. The first-order valence-electron chi connectivity index (χ1n) is 11.0. The fraction of sp³-hybridized carbons (Fsp3) is 0.850. The molecule has 9 heteroatoms. The topological polar surface area (TPSA) is 176 Å². The lowest BCUT2D eigenvalue weighted by Crippen LogP contribution is -2.30. The summed E-state index contributed by atoms with van der Waals surface area (Å²) in [6, 6.07) is 0. The molecular weight excluding hydrogens is 370 g/mol. The quantitative estimate of drug-likeness (QED) is 0.0735. The summed E-state index contributed by atoms with van der Waals surface area (Å²) in [5.74, 6) is 4.80. The molecule has 0 radical (unpaired) electrons. The van der Waals surface area contributed by atoms with Crippen LogP contribution in [0.2, 0.25) is 0 Å². The Morgan fingerprint density at radius 3 is 1.38 bits per heavy atom. The van der Waals surface area contributed by atoms with Crippen LogP contribution in [0.1, 0.15) is 89.9 Å². The molecule has 0 aliphatic heterocycles. The molecule has 0 bridgehead atoms. The summed E-state index contributed by atoms with van der Waals surface area (Å²) in [5.41, 5.74) is 10.5. The van der Waals surface area contributed by atoms with Crippen LogP contribution < -0.4 is 28.0 Å². The van der Waals surface area contributed by atoms with Crippen LogP contribution in [0.3, 0.4) is 0 Å². The number of unbranched alkanes of at least 4 members (excludes halogenated alkanes) is 10. The van der Waals surface area contributed by atoms with Gasteiger partial charge in [0.25, 0.3) is 0 Å². The summed E-state index contributed by atoms with van der Waals surface area (Å²) in [5, 5.41) is 19.8. The zero-order valence-electron chi connectivity index (χ0n) is 17.9. The molecule has 0 amide bonds. The van der Waals surface area contributed by atoms with Crippen LogP contribution in [-0.2, 0) is 9.63 Å². The van der Waals surface area contributed by atoms with Crippen LogP contribution in [0.5, 0.6) is 0 Å². The minimum atomic E-state index is -0.282. The predicted octanol–water partition coefficient (Wildman–Crippen LogP) is 2.45. The van der Waals surface area contributed by atoms with Gasteiger partial charge in [0.15, 0.2) is 11.9 Å². The number of carbonyl (C=O) groups is 1. The van der Waals surface area contributed by atoms with Gasteiger partial charge >= 0.3 is 5.97 Å².